The Morgan fingerprint density at radius 1 is 1.23 bits per heavy atom. The fraction of sp³-hybridized carbons (Fsp3) is 0.250. The van der Waals surface area contributed by atoms with Crippen molar-refractivity contribution in [3.8, 4) is 0 Å². The second-order valence-electron chi connectivity index (χ2n) is 2.07. The van der Waals surface area contributed by atoms with Crippen LogP contribution < -0.4 is 11.2 Å². The van der Waals surface area contributed by atoms with Gasteiger partial charge in [-0.05, 0) is 11.4 Å². The van der Waals surface area contributed by atoms with Gasteiger partial charge in [-0.25, -0.2) is 4.79 Å². The highest BCUT2D eigenvalue weighted by Crippen LogP contribution is 2.10. The Balaban J connectivity index is 0.000000396. The second kappa shape index (κ2) is 4.04. The fourth-order valence-corrected chi connectivity index (χ4v) is 1.67. The predicted molar refractivity (Wildman–Crippen MR) is 54.4 cm³/mol. The molecule has 13 heavy (non-hydrogen) atoms. The first kappa shape index (κ1) is 9.73. The van der Waals surface area contributed by atoms with Crippen LogP contribution in [0.2, 0.25) is 0 Å². The van der Waals surface area contributed by atoms with E-state index in [0.29, 0.717) is 10.2 Å². The molecule has 0 aromatic carbocycles. The minimum absolute atomic E-state index is 0.329. The van der Waals surface area contributed by atoms with Crippen LogP contribution in [-0.2, 0) is 0 Å². The van der Waals surface area contributed by atoms with Gasteiger partial charge < -0.3 is 0 Å². The molecule has 70 valence electrons. The van der Waals surface area contributed by atoms with Gasteiger partial charge in [0.05, 0.1) is 5.39 Å². The smallest absolute Gasteiger partial charge is 0.298 e. The van der Waals surface area contributed by atoms with Crippen LogP contribution >= 0.6 is 11.3 Å². The number of fused-ring (bicyclic) bond motifs is 1. The summed E-state index contributed by atoms with van der Waals surface area (Å²) in [5.74, 6) is 0. The molecule has 2 rings (SSSR count). The molecule has 0 aliphatic heterocycles. The summed E-state index contributed by atoms with van der Waals surface area (Å²) in [6.07, 6.45) is 0. The van der Waals surface area contributed by atoms with Gasteiger partial charge in [0.25, 0.3) is 5.56 Å². The molecule has 4 nitrogen and oxygen atoms in total. The van der Waals surface area contributed by atoms with Gasteiger partial charge >= 0.3 is 5.69 Å². The first-order valence-corrected chi connectivity index (χ1v) is 4.85. The zero-order chi connectivity index (χ0) is 9.84. The molecule has 0 fully saturated rings. The maximum absolute atomic E-state index is 11.0. The van der Waals surface area contributed by atoms with E-state index in [1.165, 1.54) is 11.3 Å². The SMILES string of the molecule is CC.O=c1[nH]c(=O)c2ccsc2[nH]1. The van der Waals surface area contributed by atoms with Gasteiger partial charge in [-0.1, -0.05) is 13.8 Å². The van der Waals surface area contributed by atoms with E-state index in [0.717, 1.165) is 0 Å². The average molecular weight is 198 g/mol. The first-order valence-electron chi connectivity index (χ1n) is 3.97. The van der Waals surface area contributed by atoms with Crippen LogP contribution in [0, 0.1) is 0 Å². The van der Waals surface area contributed by atoms with Gasteiger partial charge in [0.2, 0.25) is 0 Å². The van der Waals surface area contributed by atoms with Crippen LogP contribution in [0.3, 0.4) is 0 Å². The molecule has 2 N–H and O–H groups in total. The van der Waals surface area contributed by atoms with Crippen molar-refractivity contribution >= 4 is 21.6 Å². The summed E-state index contributed by atoms with van der Waals surface area (Å²) in [6.45, 7) is 4.00. The van der Waals surface area contributed by atoms with Gasteiger partial charge in [-0.2, -0.15) is 0 Å². The van der Waals surface area contributed by atoms with Crippen molar-refractivity contribution in [3.63, 3.8) is 0 Å². The highest BCUT2D eigenvalue weighted by molar-refractivity contribution is 7.16. The number of aromatic amines is 2. The molecule has 2 heterocycles. The van der Waals surface area contributed by atoms with Crippen molar-refractivity contribution < 1.29 is 0 Å². The Morgan fingerprint density at radius 2 is 1.92 bits per heavy atom. The molecule has 0 saturated carbocycles. The molecule has 0 amide bonds. The van der Waals surface area contributed by atoms with Crippen molar-refractivity contribution in [2.45, 2.75) is 13.8 Å². The number of hydrogen-bond donors (Lipinski definition) is 2. The summed E-state index contributed by atoms with van der Waals surface area (Å²) in [6, 6.07) is 1.68. The van der Waals surface area contributed by atoms with Gasteiger partial charge in [0.15, 0.2) is 0 Å². The highest BCUT2D eigenvalue weighted by Gasteiger charge is 1.98. The summed E-state index contributed by atoms with van der Waals surface area (Å²) in [4.78, 5) is 27.0. The summed E-state index contributed by atoms with van der Waals surface area (Å²) >= 11 is 1.34. The van der Waals surface area contributed by atoms with Crippen LogP contribution in [-0.4, -0.2) is 9.97 Å². The molecule has 0 spiro atoms. The summed E-state index contributed by atoms with van der Waals surface area (Å²) < 4.78 is 0. The normalized spacial score (nSPS) is 9.38. The van der Waals surface area contributed by atoms with Crippen molar-refractivity contribution in [1.82, 2.24) is 9.97 Å². The standard InChI is InChI=1S/C6H4N2O2S.C2H6/c9-4-3-1-2-11-5(3)8-6(10)7-4;1-2/h1-2H,(H2,7,8,9,10);1-2H3. The number of nitrogens with one attached hydrogen (secondary N) is 2. The minimum Gasteiger partial charge on any atom is -0.298 e. The molecular formula is C8H10N2O2S. The third-order valence-corrected chi connectivity index (χ3v) is 2.19. The van der Waals surface area contributed by atoms with E-state index in [-0.39, 0.29) is 5.56 Å². The zero-order valence-electron chi connectivity index (χ0n) is 7.38. The van der Waals surface area contributed by atoms with Crippen LogP contribution in [0.25, 0.3) is 10.2 Å². The lowest BCUT2D eigenvalue weighted by Crippen LogP contribution is -2.20. The van der Waals surface area contributed by atoms with E-state index in [2.05, 4.69) is 9.97 Å². The first-order chi connectivity index (χ1) is 6.27. The van der Waals surface area contributed by atoms with Crippen LogP contribution in [0.4, 0.5) is 0 Å². The van der Waals surface area contributed by atoms with Crippen LogP contribution in [0.1, 0.15) is 13.8 Å². The molecule has 0 unspecified atom stereocenters. The van der Waals surface area contributed by atoms with E-state index >= 15 is 0 Å². The van der Waals surface area contributed by atoms with E-state index in [4.69, 9.17) is 0 Å². The Bertz CT molecular complexity index is 494. The van der Waals surface area contributed by atoms with Crippen molar-refractivity contribution in [1.29, 1.82) is 0 Å². The third-order valence-electron chi connectivity index (χ3n) is 1.36. The monoisotopic (exact) mass is 198 g/mol. The molecule has 0 aliphatic rings. The summed E-state index contributed by atoms with van der Waals surface area (Å²) in [5.41, 5.74) is -0.782. The molecule has 0 saturated heterocycles. The van der Waals surface area contributed by atoms with Crippen molar-refractivity contribution in [2.75, 3.05) is 0 Å². The van der Waals surface area contributed by atoms with Crippen molar-refractivity contribution in [2.24, 2.45) is 0 Å². The maximum atomic E-state index is 11.0. The number of aromatic nitrogens is 2. The number of thiophene rings is 1. The Hall–Kier alpha value is -1.36. The molecule has 0 atom stereocenters. The number of rotatable bonds is 0. The van der Waals surface area contributed by atoms with Gasteiger partial charge in [0.1, 0.15) is 4.83 Å². The van der Waals surface area contributed by atoms with E-state index in [1.807, 2.05) is 13.8 Å². The molecule has 5 heteroatoms. The van der Waals surface area contributed by atoms with E-state index < -0.39 is 5.69 Å². The maximum Gasteiger partial charge on any atom is 0.326 e. The summed E-state index contributed by atoms with van der Waals surface area (Å²) in [7, 11) is 0. The topological polar surface area (TPSA) is 65.7 Å². The fourth-order valence-electron chi connectivity index (χ4n) is 0.890. The largest absolute Gasteiger partial charge is 0.326 e. The van der Waals surface area contributed by atoms with Crippen LogP contribution in [0.15, 0.2) is 21.0 Å². The summed E-state index contributed by atoms with van der Waals surface area (Å²) in [5, 5.41) is 2.30. The Morgan fingerprint density at radius 3 is 2.62 bits per heavy atom. The molecule has 0 radical (unpaired) electrons. The number of H-pyrrole nitrogens is 2. The quantitative estimate of drug-likeness (QED) is 0.670. The van der Waals surface area contributed by atoms with Gasteiger partial charge in [-0.15, -0.1) is 11.3 Å². The minimum atomic E-state index is -0.454. The highest BCUT2D eigenvalue weighted by atomic mass is 32.1. The lowest BCUT2D eigenvalue weighted by molar-refractivity contribution is 1.09. The van der Waals surface area contributed by atoms with Gasteiger partial charge in [-0.3, -0.25) is 14.8 Å². The lowest BCUT2D eigenvalue weighted by atomic mass is 10.4. The van der Waals surface area contributed by atoms with Gasteiger partial charge in [0, 0.05) is 0 Å². The second-order valence-corrected chi connectivity index (χ2v) is 2.99. The molecule has 2 aromatic heterocycles. The predicted octanol–water partition coefficient (Wildman–Crippen LogP) is 1.30. The number of hydrogen-bond acceptors (Lipinski definition) is 3. The van der Waals surface area contributed by atoms with E-state index in [1.54, 1.807) is 11.4 Å². The zero-order valence-corrected chi connectivity index (χ0v) is 8.20. The molecule has 2 aromatic rings. The molecular weight excluding hydrogens is 188 g/mol. The third kappa shape index (κ3) is 1.86. The molecule has 0 bridgehead atoms. The van der Waals surface area contributed by atoms with Crippen molar-refractivity contribution in [3.05, 3.63) is 32.3 Å². The molecule has 0 aliphatic carbocycles. The van der Waals surface area contributed by atoms with E-state index in [9.17, 15) is 9.59 Å². The lowest BCUT2D eigenvalue weighted by Gasteiger charge is -1.84. The Kier molecular flexibility index (Phi) is 3.02. The Labute approximate surface area is 78.3 Å². The van der Waals surface area contributed by atoms with Crippen LogP contribution in [0.5, 0.6) is 0 Å². The average Bonchev–Trinajstić information content (AvgIpc) is 2.55.